The zero-order valence-corrected chi connectivity index (χ0v) is 19.3. The number of carbonyl (C=O) groups is 2. The lowest BCUT2D eigenvalue weighted by Gasteiger charge is -2.07. The fraction of sp³-hybridized carbons (Fsp3) is 0.208. The molecule has 4 aromatic rings. The third-order valence-electron chi connectivity index (χ3n) is 4.74. The highest BCUT2D eigenvalue weighted by Crippen LogP contribution is 2.16. The van der Waals surface area contributed by atoms with Gasteiger partial charge < -0.3 is 10.1 Å². The number of fused-ring (bicyclic) bond motifs is 1. The van der Waals surface area contributed by atoms with Crippen molar-refractivity contribution in [2.24, 2.45) is 5.92 Å². The first kappa shape index (κ1) is 23.2. The van der Waals surface area contributed by atoms with Crippen LogP contribution in [0.25, 0.3) is 4.96 Å². The zero-order valence-electron chi connectivity index (χ0n) is 18.4. The Balaban J connectivity index is 1.38. The average Bonchev–Trinajstić information content (AvgIpc) is 3.20. The first-order valence-electron chi connectivity index (χ1n) is 10.5. The summed E-state index contributed by atoms with van der Waals surface area (Å²) in [6.07, 6.45) is 0.746. The van der Waals surface area contributed by atoms with Gasteiger partial charge in [0.15, 0.2) is 0 Å². The number of ether oxygens (including phenoxy) is 1. The van der Waals surface area contributed by atoms with Crippen LogP contribution in [-0.4, -0.2) is 26.5 Å². The van der Waals surface area contributed by atoms with Gasteiger partial charge >= 0.3 is 5.97 Å². The third kappa shape index (κ3) is 5.52. The minimum atomic E-state index is -0.602. The molecule has 34 heavy (non-hydrogen) atoms. The van der Waals surface area contributed by atoms with Gasteiger partial charge in [0.1, 0.15) is 17.4 Å². The summed E-state index contributed by atoms with van der Waals surface area (Å²) >= 11 is 1.34. The molecule has 174 valence electrons. The highest BCUT2D eigenvalue weighted by molar-refractivity contribution is 7.16. The predicted octanol–water partition coefficient (Wildman–Crippen LogP) is 4.10. The van der Waals surface area contributed by atoms with Crippen LogP contribution in [0, 0.1) is 11.7 Å². The molecule has 0 aliphatic carbocycles. The van der Waals surface area contributed by atoms with E-state index in [0.29, 0.717) is 22.3 Å². The van der Waals surface area contributed by atoms with Crippen LogP contribution in [0.4, 0.5) is 10.1 Å². The standard InChI is InChI=1S/C24H21FN4O4S/c1-14(2)10-20-28-29-21(30)12-19(27-24(29)34-20)13-33-23(32)15-6-8-18(9-7-15)26-22(31)16-4-3-5-17(25)11-16/h3-9,11-12,14H,10,13H2,1-2H3,(H,26,31). The zero-order chi connectivity index (χ0) is 24.2. The van der Waals surface area contributed by atoms with Gasteiger partial charge in [-0.25, -0.2) is 14.2 Å². The van der Waals surface area contributed by atoms with Crippen molar-refractivity contribution in [1.82, 2.24) is 14.6 Å². The molecule has 0 radical (unpaired) electrons. The summed E-state index contributed by atoms with van der Waals surface area (Å²) in [6.45, 7) is 3.97. The molecule has 2 heterocycles. The number of anilines is 1. The quantitative estimate of drug-likeness (QED) is 0.400. The molecule has 0 unspecified atom stereocenters. The van der Waals surface area contributed by atoms with Crippen molar-refractivity contribution in [3.8, 4) is 0 Å². The highest BCUT2D eigenvalue weighted by Gasteiger charge is 2.13. The van der Waals surface area contributed by atoms with E-state index in [1.807, 2.05) is 0 Å². The van der Waals surface area contributed by atoms with Gasteiger partial charge in [0.2, 0.25) is 4.96 Å². The summed E-state index contributed by atoms with van der Waals surface area (Å²) in [7, 11) is 0. The van der Waals surface area contributed by atoms with Gasteiger partial charge in [-0.3, -0.25) is 9.59 Å². The molecule has 0 atom stereocenters. The Labute approximate surface area is 198 Å². The topological polar surface area (TPSA) is 103 Å². The molecular weight excluding hydrogens is 459 g/mol. The van der Waals surface area contributed by atoms with Crippen LogP contribution in [0.2, 0.25) is 0 Å². The van der Waals surface area contributed by atoms with Crippen molar-refractivity contribution in [2.45, 2.75) is 26.9 Å². The summed E-state index contributed by atoms with van der Waals surface area (Å²) < 4.78 is 19.8. The Bertz CT molecular complexity index is 1410. The second-order valence-electron chi connectivity index (χ2n) is 7.99. The van der Waals surface area contributed by atoms with E-state index in [0.717, 1.165) is 17.5 Å². The van der Waals surface area contributed by atoms with E-state index in [2.05, 4.69) is 29.2 Å². The number of hydrogen-bond acceptors (Lipinski definition) is 7. The Hall–Kier alpha value is -3.92. The minimum Gasteiger partial charge on any atom is -0.456 e. The summed E-state index contributed by atoms with van der Waals surface area (Å²) in [5.41, 5.74) is 0.880. The van der Waals surface area contributed by atoms with E-state index in [1.165, 1.54) is 64.4 Å². The van der Waals surface area contributed by atoms with Gasteiger partial charge in [-0.05, 0) is 48.4 Å². The van der Waals surface area contributed by atoms with Crippen LogP contribution < -0.4 is 10.9 Å². The van der Waals surface area contributed by atoms with E-state index in [4.69, 9.17) is 4.74 Å². The van der Waals surface area contributed by atoms with Crippen molar-refractivity contribution in [3.05, 3.63) is 92.6 Å². The van der Waals surface area contributed by atoms with E-state index >= 15 is 0 Å². The number of hydrogen-bond donors (Lipinski definition) is 1. The van der Waals surface area contributed by atoms with E-state index in [9.17, 15) is 18.8 Å². The average molecular weight is 481 g/mol. The van der Waals surface area contributed by atoms with Gasteiger partial charge in [0.25, 0.3) is 11.5 Å². The van der Waals surface area contributed by atoms with Gasteiger partial charge in [-0.1, -0.05) is 31.3 Å². The molecular formula is C24H21FN4O4S. The van der Waals surface area contributed by atoms with Gasteiger partial charge in [0, 0.05) is 23.7 Å². The second kappa shape index (κ2) is 9.92. The summed E-state index contributed by atoms with van der Waals surface area (Å²) in [5, 5.41) is 7.75. The maximum absolute atomic E-state index is 13.3. The molecule has 2 aromatic carbocycles. The summed E-state index contributed by atoms with van der Waals surface area (Å²) in [5.74, 6) is -1.18. The van der Waals surface area contributed by atoms with Crippen LogP contribution in [0.15, 0.2) is 59.4 Å². The molecule has 2 aromatic heterocycles. The molecule has 0 saturated heterocycles. The van der Waals surface area contributed by atoms with E-state index in [1.54, 1.807) is 0 Å². The Morgan fingerprint density at radius 1 is 1.12 bits per heavy atom. The summed E-state index contributed by atoms with van der Waals surface area (Å²) in [4.78, 5) is 41.8. The molecule has 0 bridgehead atoms. The van der Waals surface area contributed by atoms with E-state index < -0.39 is 17.7 Å². The van der Waals surface area contributed by atoms with Gasteiger partial charge in [0.05, 0.1) is 11.3 Å². The first-order valence-corrected chi connectivity index (χ1v) is 11.3. The largest absolute Gasteiger partial charge is 0.456 e. The molecule has 0 saturated carbocycles. The summed E-state index contributed by atoms with van der Waals surface area (Å²) in [6, 6.07) is 12.7. The smallest absolute Gasteiger partial charge is 0.338 e. The maximum Gasteiger partial charge on any atom is 0.338 e. The van der Waals surface area contributed by atoms with Crippen molar-refractivity contribution in [1.29, 1.82) is 0 Å². The minimum absolute atomic E-state index is 0.167. The molecule has 8 nitrogen and oxygen atoms in total. The van der Waals surface area contributed by atoms with Crippen molar-refractivity contribution < 1.29 is 18.7 Å². The van der Waals surface area contributed by atoms with Crippen LogP contribution >= 0.6 is 11.3 Å². The Morgan fingerprint density at radius 2 is 1.88 bits per heavy atom. The second-order valence-corrected chi connectivity index (χ2v) is 9.03. The fourth-order valence-electron chi connectivity index (χ4n) is 3.15. The molecule has 0 aliphatic heterocycles. The SMILES string of the molecule is CC(C)Cc1nn2c(=O)cc(COC(=O)c3ccc(NC(=O)c4cccc(F)c4)cc3)nc2s1. The molecule has 0 fully saturated rings. The Morgan fingerprint density at radius 3 is 2.59 bits per heavy atom. The van der Waals surface area contributed by atoms with Crippen molar-refractivity contribution >= 4 is 33.9 Å². The molecule has 4 rings (SSSR count). The van der Waals surface area contributed by atoms with Crippen LogP contribution in [0.1, 0.15) is 45.3 Å². The predicted molar refractivity (Wildman–Crippen MR) is 126 cm³/mol. The van der Waals surface area contributed by atoms with Crippen LogP contribution in [-0.2, 0) is 17.8 Å². The first-order chi connectivity index (χ1) is 16.3. The maximum atomic E-state index is 13.3. The van der Waals surface area contributed by atoms with E-state index in [-0.39, 0.29) is 23.3 Å². The molecule has 10 heteroatoms. The lowest BCUT2D eigenvalue weighted by Crippen LogP contribution is -2.17. The number of halogens is 1. The lowest BCUT2D eigenvalue weighted by atomic mass is 10.1. The number of carbonyl (C=O) groups excluding carboxylic acids is 2. The number of esters is 1. The fourth-order valence-corrected chi connectivity index (χ4v) is 4.28. The van der Waals surface area contributed by atoms with Crippen molar-refractivity contribution in [3.63, 3.8) is 0 Å². The molecule has 1 N–H and O–H groups in total. The van der Waals surface area contributed by atoms with Crippen molar-refractivity contribution in [2.75, 3.05) is 5.32 Å². The number of amides is 1. The molecule has 0 aliphatic rings. The number of nitrogens with zero attached hydrogens (tertiary/aromatic N) is 3. The third-order valence-corrected chi connectivity index (χ3v) is 5.67. The number of aromatic nitrogens is 3. The van der Waals surface area contributed by atoms with Crippen LogP contribution in [0.3, 0.4) is 0 Å². The monoisotopic (exact) mass is 480 g/mol. The normalized spacial score (nSPS) is 11.1. The van der Waals surface area contributed by atoms with Gasteiger partial charge in [-0.15, -0.1) is 0 Å². The molecule has 0 spiro atoms. The lowest BCUT2D eigenvalue weighted by molar-refractivity contribution is 0.0467. The Kier molecular flexibility index (Phi) is 6.78. The van der Waals surface area contributed by atoms with Crippen LogP contribution in [0.5, 0.6) is 0 Å². The molecule has 1 amide bonds. The number of rotatable bonds is 7. The number of nitrogens with one attached hydrogen (secondary N) is 1. The van der Waals surface area contributed by atoms with Gasteiger partial charge in [-0.2, -0.15) is 9.61 Å². The number of benzene rings is 2. The highest BCUT2D eigenvalue weighted by atomic mass is 32.1.